The fourth-order valence-corrected chi connectivity index (χ4v) is 4.25. The third kappa shape index (κ3) is 6.37. The Labute approximate surface area is 204 Å². The molecular formula is C26H32N2O7. The van der Waals surface area contributed by atoms with Crippen LogP contribution in [0.25, 0.3) is 11.1 Å². The summed E-state index contributed by atoms with van der Waals surface area (Å²) in [5.74, 6) is -1.96. The molecule has 0 radical (unpaired) electrons. The first-order chi connectivity index (χ1) is 16.9. The van der Waals surface area contributed by atoms with Gasteiger partial charge >= 0.3 is 12.1 Å². The lowest BCUT2D eigenvalue weighted by Gasteiger charge is -2.25. The molecule has 0 spiro atoms. The van der Waals surface area contributed by atoms with Gasteiger partial charge in [-0.3, -0.25) is 4.79 Å². The van der Waals surface area contributed by atoms with Crippen molar-refractivity contribution in [2.75, 3.05) is 27.4 Å². The molecule has 1 aliphatic carbocycles. The first-order valence-electron chi connectivity index (χ1n) is 11.5. The van der Waals surface area contributed by atoms with Crippen LogP contribution in [0, 0.1) is 0 Å². The first kappa shape index (κ1) is 26.2. The Kier molecular flexibility index (Phi) is 9.22. The Morgan fingerprint density at radius 1 is 0.971 bits per heavy atom. The molecule has 2 aromatic rings. The minimum atomic E-state index is -1.17. The summed E-state index contributed by atoms with van der Waals surface area (Å²) < 4.78 is 15.7. The van der Waals surface area contributed by atoms with E-state index in [2.05, 4.69) is 10.6 Å². The molecule has 0 saturated carbocycles. The number of carboxylic acid groups (broad SMARTS) is 1. The van der Waals surface area contributed by atoms with Gasteiger partial charge in [0.15, 0.2) is 0 Å². The SMILES string of the molecule is COCCCC(NC(=O)C(NC(=O)OCC1c2ccccc2-c2ccccc21)C(C)OC)C(=O)O. The van der Waals surface area contributed by atoms with Crippen LogP contribution in [-0.2, 0) is 23.8 Å². The van der Waals surface area contributed by atoms with Crippen molar-refractivity contribution in [3.63, 3.8) is 0 Å². The van der Waals surface area contributed by atoms with Gasteiger partial charge in [0.05, 0.1) is 6.10 Å². The highest BCUT2D eigenvalue weighted by Gasteiger charge is 2.32. The summed E-state index contributed by atoms with van der Waals surface area (Å²) in [4.78, 5) is 37.1. The molecule has 2 amide bonds. The Bertz CT molecular complexity index is 996. The lowest BCUT2D eigenvalue weighted by Crippen LogP contribution is -2.56. The van der Waals surface area contributed by atoms with Crippen molar-refractivity contribution in [1.82, 2.24) is 10.6 Å². The van der Waals surface area contributed by atoms with E-state index in [-0.39, 0.29) is 18.9 Å². The maximum absolute atomic E-state index is 12.9. The van der Waals surface area contributed by atoms with Crippen LogP contribution in [-0.4, -0.2) is 68.7 Å². The van der Waals surface area contributed by atoms with Crippen molar-refractivity contribution in [1.29, 1.82) is 0 Å². The molecule has 0 heterocycles. The molecule has 3 rings (SSSR count). The summed E-state index contributed by atoms with van der Waals surface area (Å²) in [5, 5.41) is 14.5. The number of carboxylic acids is 1. The second-order valence-electron chi connectivity index (χ2n) is 8.42. The summed E-state index contributed by atoms with van der Waals surface area (Å²) in [6, 6.07) is 13.7. The van der Waals surface area contributed by atoms with Crippen molar-refractivity contribution in [3.8, 4) is 11.1 Å². The number of aliphatic carboxylic acids is 1. The van der Waals surface area contributed by atoms with Crippen LogP contribution in [0.3, 0.4) is 0 Å². The van der Waals surface area contributed by atoms with Crippen molar-refractivity contribution >= 4 is 18.0 Å². The van der Waals surface area contributed by atoms with E-state index in [0.717, 1.165) is 22.3 Å². The van der Waals surface area contributed by atoms with Crippen LogP contribution in [0.5, 0.6) is 0 Å². The third-order valence-electron chi connectivity index (χ3n) is 6.20. The normalized spacial score (nSPS) is 14.8. The lowest BCUT2D eigenvalue weighted by molar-refractivity contribution is -0.143. The number of nitrogens with one attached hydrogen (secondary N) is 2. The van der Waals surface area contributed by atoms with Crippen LogP contribution in [0.4, 0.5) is 4.79 Å². The minimum absolute atomic E-state index is 0.0876. The van der Waals surface area contributed by atoms with Gasteiger partial charge < -0.3 is 30.0 Å². The van der Waals surface area contributed by atoms with Gasteiger partial charge in [0.2, 0.25) is 5.91 Å². The van der Waals surface area contributed by atoms with Crippen molar-refractivity contribution in [2.24, 2.45) is 0 Å². The van der Waals surface area contributed by atoms with Crippen molar-refractivity contribution in [3.05, 3.63) is 59.7 Å². The molecule has 188 valence electrons. The van der Waals surface area contributed by atoms with E-state index in [4.69, 9.17) is 14.2 Å². The minimum Gasteiger partial charge on any atom is -0.480 e. The number of benzene rings is 2. The van der Waals surface area contributed by atoms with E-state index in [0.29, 0.717) is 13.0 Å². The number of amides is 2. The zero-order chi connectivity index (χ0) is 25.4. The topological polar surface area (TPSA) is 123 Å². The molecule has 3 unspecified atom stereocenters. The predicted molar refractivity (Wildman–Crippen MR) is 129 cm³/mol. The maximum atomic E-state index is 12.9. The van der Waals surface area contributed by atoms with Crippen molar-refractivity contribution < 1.29 is 33.7 Å². The molecule has 3 N–H and O–H groups in total. The van der Waals surface area contributed by atoms with E-state index in [1.54, 1.807) is 6.92 Å². The molecule has 1 aliphatic rings. The van der Waals surface area contributed by atoms with E-state index in [9.17, 15) is 19.5 Å². The molecular weight excluding hydrogens is 452 g/mol. The Morgan fingerprint density at radius 3 is 2.11 bits per heavy atom. The molecule has 0 aliphatic heterocycles. The van der Waals surface area contributed by atoms with Gasteiger partial charge in [-0.15, -0.1) is 0 Å². The van der Waals surface area contributed by atoms with Crippen LogP contribution >= 0.6 is 0 Å². The summed E-state index contributed by atoms with van der Waals surface area (Å²) >= 11 is 0. The van der Waals surface area contributed by atoms with Gasteiger partial charge in [-0.05, 0) is 42.0 Å². The van der Waals surface area contributed by atoms with Crippen molar-refractivity contribution in [2.45, 2.75) is 43.9 Å². The largest absolute Gasteiger partial charge is 0.480 e. The Morgan fingerprint density at radius 2 is 1.57 bits per heavy atom. The molecule has 0 fully saturated rings. The van der Waals surface area contributed by atoms with E-state index < -0.39 is 36.2 Å². The van der Waals surface area contributed by atoms with Gasteiger partial charge in [-0.2, -0.15) is 0 Å². The molecule has 0 bridgehead atoms. The summed E-state index contributed by atoms with van der Waals surface area (Å²) in [6.45, 7) is 2.06. The summed E-state index contributed by atoms with van der Waals surface area (Å²) in [6.07, 6.45) is -0.863. The lowest BCUT2D eigenvalue weighted by atomic mass is 9.98. The molecule has 35 heavy (non-hydrogen) atoms. The van der Waals surface area contributed by atoms with E-state index >= 15 is 0 Å². The number of hydrogen-bond donors (Lipinski definition) is 3. The molecule has 9 nitrogen and oxygen atoms in total. The zero-order valence-electron chi connectivity index (χ0n) is 20.2. The predicted octanol–water partition coefficient (Wildman–Crippen LogP) is 2.92. The van der Waals surface area contributed by atoms with Gasteiger partial charge in [0.25, 0.3) is 0 Å². The van der Waals surface area contributed by atoms with Crippen LogP contribution in [0.2, 0.25) is 0 Å². The summed E-state index contributed by atoms with van der Waals surface area (Å²) in [5.41, 5.74) is 4.36. The third-order valence-corrected chi connectivity index (χ3v) is 6.20. The number of methoxy groups -OCH3 is 2. The smallest absolute Gasteiger partial charge is 0.407 e. The second-order valence-corrected chi connectivity index (χ2v) is 8.42. The fraction of sp³-hybridized carbons (Fsp3) is 0.423. The zero-order valence-corrected chi connectivity index (χ0v) is 20.2. The van der Waals surface area contributed by atoms with Crippen LogP contribution < -0.4 is 10.6 Å². The molecule has 0 aromatic heterocycles. The quantitative estimate of drug-likeness (QED) is 0.396. The molecule has 3 atom stereocenters. The highest BCUT2D eigenvalue weighted by molar-refractivity contribution is 5.89. The number of hydrogen-bond acceptors (Lipinski definition) is 6. The first-order valence-corrected chi connectivity index (χ1v) is 11.5. The highest BCUT2D eigenvalue weighted by atomic mass is 16.5. The molecule has 9 heteroatoms. The number of rotatable bonds is 12. The number of fused-ring (bicyclic) bond motifs is 3. The Hall–Kier alpha value is -3.43. The van der Waals surface area contributed by atoms with Crippen LogP contribution in [0.15, 0.2) is 48.5 Å². The second kappa shape index (κ2) is 12.3. The number of carbonyl (C=O) groups excluding carboxylic acids is 2. The fourth-order valence-electron chi connectivity index (χ4n) is 4.25. The van der Waals surface area contributed by atoms with Gasteiger partial charge in [0.1, 0.15) is 18.7 Å². The standard InChI is InChI=1S/C26H32N2O7/c1-16(34-3)23(24(29)27-22(25(30)31)13-8-14-33-2)28-26(32)35-15-21-19-11-6-4-9-17(19)18-10-5-7-12-20(18)21/h4-7,9-12,16,21-23H,8,13-15H2,1-3H3,(H,27,29)(H,28,32)(H,30,31). The van der Waals surface area contributed by atoms with E-state index in [1.807, 2.05) is 48.5 Å². The average Bonchev–Trinajstić information content (AvgIpc) is 3.18. The monoisotopic (exact) mass is 484 g/mol. The van der Waals surface area contributed by atoms with E-state index in [1.165, 1.54) is 14.2 Å². The molecule has 2 aromatic carbocycles. The number of ether oxygens (including phenoxy) is 3. The average molecular weight is 485 g/mol. The Balaban J connectivity index is 1.65. The van der Waals surface area contributed by atoms with Gasteiger partial charge in [-0.1, -0.05) is 48.5 Å². The number of carbonyl (C=O) groups is 3. The highest BCUT2D eigenvalue weighted by Crippen LogP contribution is 2.44. The summed E-state index contributed by atoms with van der Waals surface area (Å²) in [7, 11) is 2.92. The van der Waals surface area contributed by atoms with Gasteiger partial charge in [-0.25, -0.2) is 9.59 Å². The molecule has 0 saturated heterocycles. The van der Waals surface area contributed by atoms with Crippen LogP contribution in [0.1, 0.15) is 36.8 Å². The number of alkyl carbamates (subject to hydrolysis) is 1. The maximum Gasteiger partial charge on any atom is 0.407 e. The van der Waals surface area contributed by atoms with Gasteiger partial charge in [0, 0.05) is 26.7 Å².